The zero-order chi connectivity index (χ0) is 19.5. The third kappa shape index (κ3) is 4.05. The first kappa shape index (κ1) is 18.6. The summed E-state index contributed by atoms with van der Waals surface area (Å²) in [6.07, 6.45) is 2.02. The number of carbonyl (C=O) groups is 1. The summed E-state index contributed by atoms with van der Waals surface area (Å²) < 4.78 is 34.3. The molecule has 1 saturated heterocycles. The zero-order valence-corrected chi connectivity index (χ0v) is 15.3. The van der Waals surface area contributed by atoms with Crippen molar-refractivity contribution in [3.05, 3.63) is 65.9 Å². The number of ether oxygens (including phenoxy) is 1. The van der Waals surface area contributed by atoms with Gasteiger partial charge in [0.25, 0.3) is 5.91 Å². The fraction of sp³-hybridized carbons (Fsp3) is 0.286. The third-order valence-corrected chi connectivity index (χ3v) is 4.97. The van der Waals surface area contributed by atoms with Crippen LogP contribution in [0.5, 0.6) is 0 Å². The maximum absolute atomic E-state index is 13.8. The normalized spacial score (nSPS) is 15.1. The van der Waals surface area contributed by atoms with E-state index in [0.717, 1.165) is 62.4 Å². The Balaban J connectivity index is 1.45. The highest BCUT2D eigenvalue weighted by atomic mass is 19.1. The van der Waals surface area contributed by atoms with E-state index in [0.29, 0.717) is 11.8 Å². The Kier molecular flexibility index (Phi) is 5.36. The van der Waals surface area contributed by atoms with Gasteiger partial charge in [0, 0.05) is 55.0 Å². The van der Waals surface area contributed by atoms with Crippen LogP contribution in [0.2, 0.25) is 0 Å². The first-order valence-electron chi connectivity index (χ1n) is 9.25. The number of aromatic nitrogens is 1. The average Bonchev–Trinajstić information content (AvgIpc) is 3.09. The molecule has 1 aliphatic heterocycles. The number of hydrogen-bond donors (Lipinski definition) is 1. The lowest BCUT2D eigenvalue weighted by Gasteiger charge is -2.26. The number of fused-ring (bicyclic) bond motifs is 1. The molecule has 5 nitrogen and oxygen atoms in total. The third-order valence-electron chi connectivity index (χ3n) is 4.97. The van der Waals surface area contributed by atoms with Crippen LogP contribution in [-0.4, -0.2) is 48.2 Å². The van der Waals surface area contributed by atoms with Crippen LogP contribution >= 0.6 is 0 Å². The largest absolute Gasteiger partial charge is 0.379 e. The summed E-state index contributed by atoms with van der Waals surface area (Å²) >= 11 is 0. The van der Waals surface area contributed by atoms with E-state index in [1.807, 2.05) is 24.4 Å². The maximum atomic E-state index is 13.8. The molecule has 0 atom stereocenters. The lowest BCUT2D eigenvalue weighted by molar-refractivity contribution is 0.0365. The summed E-state index contributed by atoms with van der Waals surface area (Å²) in [5, 5.41) is 3.66. The number of halogens is 2. The molecule has 28 heavy (non-hydrogen) atoms. The predicted molar refractivity (Wildman–Crippen MR) is 104 cm³/mol. The number of morpholine rings is 1. The second kappa shape index (κ2) is 8.08. The van der Waals surface area contributed by atoms with E-state index in [-0.39, 0.29) is 5.56 Å². The number of anilines is 1. The molecule has 1 amide bonds. The topological polar surface area (TPSA) is 46.5 Å². The van der Waals surface area contributed by atoms with Crippen LogP contribution in [-0.2, 0) is 11.3 Å². The Hall–Kier alpha value is -2.77. The molecule has 0 saturated carbocycles. The Bertz CT molecular complexity index is 996. The molecule has 1 fully saturated rings. The van der Waals surface area contributed by atoms with E-state index in [2.05, 4.69) is 14.8 Å². The Morgan fingerprint density at radius 2 is 1.86 bits per heavy atom. The van der Waals surface area contributed by atoms with Crippen molar-refractivity contribution in [3.8, 4) is 0 Å². The number of carbonyl (C=O) groups excluding carboxylic acids is 1. The van der Waals surface area contributed by atoms with E-state index >= 15 is 0 Å². The van der Waals surface area contributed by atoms with E-state index in [9.17, 15) is 13.6 Å². The predicted octanol–water partition coefficient (Wildman–Crippen LogP) is 3.50. The van der Waals surface area contributed by atoms with Gasteiger partial charge < -0.3 is 14.6 Å². The molecular formula is C21H21F2N3O2. The second-order valence-corrected chi connectivity index (χ2v) is 6.82. The van der Waals surface area contributed by atoms with Gasteiger partial charge in [-0.3, -0.25) is 9.69 Å². The van der Waals surface area contributed by atoms with Crippen molar-refractivity contribution in [3.63, 3.8) is 0 Å². The van der Waals surface area contributed by atoms with Crippen LogP contribution in [0, 0.1) is 11.6 Å². The molecule has 1 aliphatic rings. The van der Waals surface area contributed by atoms with E-state index < -0.39 is 17.5 Å². The van der Waals surface area contributed by atoms with Crippen molar-refractivity contribution in [1.82, 2.24) is 9.47 Å². The van der Waals surface area contributed by atoms with Crippen molar-refractivity contribution >= 4 is 22.5 Å². The average molecular weight is 385 g/mol. The van der Waals surface area contributed by atoms with Crippen LogP contribution in [0.25, 0.3) is 10.9 Å². The highest BCUT2D eigenvalue weighted by molar-refractivity contribution is 6.05. The zero-order valence-electron chi connectivity index (χ0n) is 15.3. The van der Waals surface area contributed by atoms with Crippen molar-refractivity contribution in [1.29, 1.82) is 0 Å². The van der Waals surface area contributed by atoms with Gasteiger partial charge in [0.1, 0.15) is 11.6 Å². The Morgan fingerprint density at radius 1 is 1.04 bits per heavy atom. The number of hydrogen-bond acceptors (Lipinski definition) is 3. The first-order valence-corrected chi connectivity index (χ1v) is 9.25. The Labute approximate surface area is 161 Å². The standard InChI is InChI=1S/C21H21F2N3O2/c22-16-1-3-18(19(23)14-16)21(27)24-17-2-4-20-15(13-17)5-6-26(20)8-7-25-9-11-28-12-10-25/h1-6,13-14H,7-12H2,(H,24,27). The fourth-order valence-electron chi connectivity index (χ4n) is 3.42. The highest BCUT2D eigenvalue weighted by Gasteiger charge is 2.14. The molecule has 2 aromatic carbocycles. The van der Waals surface area contributed by atoms with Gasteiger partial charge >= 0.3 is 0 Å². The van der Waals surface area contributed by atoms with Gasteiger partial charge in [0.2, 0.25) is 0 Å². The van der Waals surface area contributed by atoms with Gasteiger partial charge in [0.15, 0.2) is 0 Å². The minimum atomic E-state index is -0.882. The van der Waals surface area contributed by atoms with Crippen LogP contribution in [0.4, 0.5) is 14.5 Å². The molecule has 3 aromatic rings. The van der Waals surface area contributed by atoms with Crippen molar-refractivity contribution in [2.45, 2.75) is 6.54 Å². The summed E-state index contributed by atoms with van der Waals surface area (Å²) in [5.74, 6) is -2.20. The number of nitrogens with one attached hydrogen (secondary N) is 1. The Morgan fingerprint density at radius 3 is 2.64 bits per heavy atom. The lowest BCUT2D eigenvalue weighted by Crippen LogP contribution is -2.38. The maximum Gasteiger partial charge on any atom is 0.258 e. The van der Waals surface area contributed by atoms with E-state index in [1.54, 1.807) is 6.07 Å². The molecule has 1 N–H and O–H groups in total. The number of nitrogens with zero attached hydrogens (tertiary/aromatic N) is 2. The minimum absolute atomic E-state index is 0.190. The van der Waals surface area contributed by atoms with Gasteiger partial charge in [-0.05, 0) is 36.4 Å². The smallest absolute Gasteiger partial charge is 0.258 e. The second-order valence-electron chi connectivity index (χ2n) is 6.82. The van der Waals surface area contributed by atoms with Gasteiger partial charge in [-0.15, -0.1) is 0 Å². The molecule has 0 bridgehead atoms. The van der Waals surface area contributed by atoms with Gasteiger partial charge in [-0.25, -0.2) is 8.78 Å². The van der Waals surface area contributed by atoms with Crippen molar-refractivity contribution < 1.29 is 18.3 Å². The molecule has 2 heterocycles. The number of rotatable bonds is 5. The molecule has 0 radical (unpaired) electrons. The van der Waals surface area contributed by atoms with E-state index in [4.69, 9.17) is 4.74 Å². The number of amides is 1. The van der Waals surface area contributed by atoms with Gasteiger partial charge in [-0.1, -0.05) is 0 Å². The van der Waals surface area contributed by atoms with E-state index in [1.165, 1.54) is 0 Å². The molecular weight excluding hydrogens is 364 g/mol. The monoisotopic (exact) mass is 385 g/mol. The first-order chi connectivity index (χ1) is 13.6. The summed E-state index contributed by atoms with van der Waals surface area (Å²) in [6.45, 7) is 5.30. The minimum Gasteiger partial charge on any atom is -0.379 e. The van der Waals surface area contributed by atoms with Crippen LogP contribution in [0.1, 0.15) is 10.4 Å². The van der Waals surface area contributed by atoms with Gasteiger partial charge in [0.05, 0.1) is 18.8 Å². The number of benzene rings is 2. The summed E-state index contributed by atoms with van der Waals surface area (Å²) in [7, 11) is 0. The SMILES string of the molecule is O=C(Nc1ccc2c(ccn2CCN2CCOCC2)c1)c1ccc(F)cc1F. The van der Waals surface area contributed by atoms with Crippen LogP contribution in [0.15, 0.2) is 48.7 Å². The molecule has 0 spiro atoms. The molecule has 0 aliphatic carbocycles. The van der Waals surface area contributed by atoms with Crippen LogP contribution in [0.3, 0.4) is 0 Å². The summed E-state index contributed by atoms with van der Waals surface area (Å²) in [4.78, 5) is 14.6. The molecule has 146 valence electrons. The van der Waals surface area contributed by atoms with Crippen molar-refractivity contribution in [2.75, 3.05) is 38.2 Å². The van der Waals surface area contributed by atoms with Crippen molar-refractivity contribution in [2.24, 2.45) is 0 Å². The molecule has 7 heteroatoms. The molecule has 1 aromatic heterocycles. The summed E-state index contributed by atoms with van der Waals surface area (Å²) in [5.41, 5.74) is 1.44. The quantitative estimate of drug-likeness (QED) is 0.731. The molecule has 4 rings (SSSR count). The lowest BCUT2D eigenvalue weighted by atomic mass is 10.1. The highest BCUT2D eigenvalue weighted by Crippen LogP contribution is 2.22. The van der Waals surface area contributed by atoms with Gasteiger partial charge in [-0.2, -0.15) is 0 Å². The fourth-order valence-corrected chi connectivity index (χ4v) is 3.42. The summed E-state index contributed by atoms with van der Waals surface area (Å²) in [6, 6.07) is 10.5. The van der Waals surface area contributed by atoms with Crippen LogP contribution < -0.4 is 5.32 Å². The molecule has 0 unspecified atom stereocenters.